The minimum absolute atomic E-state index is 0.883. The lowest BCUT2D eigenvalue weighted by Crippen LogP contribution is -1.98. The summed E-state index contributed by atoms with van der Waals surface area (Å²) in [6.45, 7) is 0. The molecule has 7 aromatic carbocycles. The number of hydrogen-bond acceptors (Lipinski definition) is 2. The van der Waals surface area contributed by atoms with Crippen molar-refractivity contribution < 1.29 is 0 Å². The third-order valence-corrected chi connectivity index (χ3v) is 10.5. The summed E-state index contributed by atoms with van der Waals surface area (Å²) >= 11 is 0. The molecule has 0 spiro atoms. The average molecular weight is 663 g/mol. The van der Waals surface area contributed by atoms with Crippen LogP contribution in [0, 0.1) is 0 Å². The standard InChI is InChI=1S/C48H30N4/c1-2-11-31(12-3-1)32-21-23-33(24-22-32)34-13-10-14-35(27-34)36-25-26-49-47(28-36)51-43-19-8-6-16-38(43)41-29-40-37-15-4-5-17-39(37)48-50-42-18-7-9-20-44(42)52(48)46(40)30-45(41)51/h1-30H. The molecule has 11 aromatic rings. The van der Waals surface area contributed by atoms with E-state index in [9.17, 15) is 0 Å². The van der Waals surface area contributed by atoms with Gasteiger partial charge < -0.3 is 0 Å². The molecule has 0 aliphatic rings. The van der Waals surface area contributed by atoms with E-state index in [2.05, 4.69) is 185 Å². The summed E-state index contributed by atoms with van der Waals surface area (Å²) in [5, 5.41) is 5.96. The highest BCUT2D eigenvalue weighted by Gasteiger charge is 2.19. The van der Waals surface area contributed by atoms with Crippen LogP contribution in [0.1, 0.15) is 0 Å². The fourth-order valence-electron chi connectivity index (χ4n) is 8.10. The molecule has 0 aliphatic heterocycles. The van der Waals surface area contributed by atoms with Crippen LogP contribution in [-0.4, -0.2) is 18.9 Å². The van der Waals surface area contributed by atoms with Crippen molar-refractivity contribution in [3.8, 4) is 39.2 Å². The minimum atomic E-state index is 0.883. The first-order valence-corrected chi connectivity index (χ1v) is 17.7. The monoisotopic (exact) mass is 662 g/mol. The Morgan fingerprint density at radius 3 is 1.77 bits per heavy atom. The van der Waals surface area contributed by atoms with Crippen molar-refractivity contribution in [3.05, 3.63) is 182 Å². The first kappa shape index (κ1) is 28.8. The number of imidazole rings is 1. The molecule has 0 saturated carbocycles. The molecule has 4 heterocycles. The zero-order chi connectivity index (χ0) is 34.2. The van der Waals surface area contributed by atoms with Crippen molar-refractivity contribution in [1.82, 2.24) is 18.9 Å². The molecule has 4 nitrogen and oxygen atoms in total. The van der Waals surface area contributed by atoms with Gasteiger partial charge in [-0.1, -0.05) is 127 Å². The van der Waals surface area contributed by atoms with Crippen molar-refractivity contribution >= 4 is 60.2 Å². The number of benzene rings is 7. The summed E-state index contributed by atoms with van der Waals surface area (Å²) in [6, 6.07) is 62.9. The topological polar surface area (TPSA) is 35.1 Å². The molecular formula is C48H30N4. The highest BCUT2D eigenvalue weighted by atomic mass is 15.1. The molecular weight excluding hydrogens is 633 g/mol. The van der Waals surface area contributed by atoms with E-state index in [0.717, 1.165) is 55.6 Å². The van der Waals surface area contributed by atoms with Crippen molar-refractivity contribution in [2.24, 2.45) is 0 Å². The van der Waals surface area contributed by atoms with E-state index in [1.165, 1.54) is 43.8 Å². The molecule has 52 heavy (non-hydrogen) atoms. The molecule has 0 unspecified atom stereocenters. The van der Waals surface area contributed by atoms with Crippen LogP contribution in [0.5, 0.6) is 0 Å². The van der Waals surface area contributed by atoms with Crippen molar-refractivity contribution in [1.29, 1.82) is 0 Å². The Balaban J connectivity index is 1.10. The van der Waals surface area contributed by atoms with Gasteiger partial charge in [0.1, 0.15) is 11.5 Å². The summed E-state index contributed by atoms with van der Waals surface area (Å²) in [5.74, 6) is 0.883. The molecule has 11 rings (SSSR count). The van der Waals surface area contributed by atoms with Gasteiger partial charge in [0.25, 0.3) is 0 Å². The summed E-state index contributed by atoms with van der Waals surface area (Å²) in [5.41, 5.74) is 13.5. The van der Waals surface area contributed by atoms with Gasteiger partial charge in [-0.25, -0.2) is 9.97 Å². The number of nitrogens with zero attached hydrogens (tertiary/aromatic N) is 4. The fourth-order valence-corrected chi connectivity index (χ4v) is 8.10. The molecule has 0 amide bonds. The van der Waals surface area contributed by atoms with Crippen molar-refractivity contribution in [2.45, 2.75) is 0 Å². The molecule has 4 aromatic heterocycles. The predicted molar refractivity (Wildman–Crippen MR) is 216 cm³/mol. The summed E-state index contributed by atoms with van der Waals surface area (Å²) in [7, 11) is 0. The molecule has 0 atom stereocenters. The van der Waals surface area contributed by atoms with E-state index in [0.29, 0.717) is 0 Å². The van der Waals surface area contributed by atoms with Gasteiger partial charge >= 0.3 is 0 Å². The van der Waals surface area contributed by atoms with E-state index >= 15 is 0 Å². The molecule has 0 aliphatic carbocycles. The van der Waals surface area contributed by atoms with Crippen LogP contribution in [0.15, 0.2) is 182 Å². The Morgan fingerprint density at radius 1 is 0.346 bits per heavy atom. The predicted octanol–water partition coefficient (Wildman–Crippen LogP) is 12.3. The summed E-state index contributed by atoms with van der Waals surface area (Å²) in [6.07, 6.45) is 1.93. The van der Waals surface area contributed by atoms with E-state index in [-0.39, 0.29) is 0 Å². The summed E-state index contributed by atoms with van der Waals surface area (Å²) in [4.78, 5) is 10.1. The zero-order valence-corrected chi connectivity index (χ0v) is 28.1. The van der Waals surface area contributed by atoms with Gasteiger partial charge in [0.15, 0.2) is 0 Å². The highest BCUT2D eigenvalue weighted by molar-refractivity contribution is 6.20. The molecule has 0 fully saturated rings. The Kier molecular flexibility index (Phi) is 6.22. The van der Waals surface area contributed by atoms with Crippen LogP contribution in [-0.2, 0) is 0 Å². The molecule has 0 radical (unpaired) electrons. The Hall–Kier alpha value is -7.04. The van der Waals surface area contributed by atoms with Gasteiger partial charge in [-0.2, -0.15) is 0 Å². The lowest BCUT2D eigenvalue weighted by atomic mass is 9.97. The van der Waals surface area contributed by atoms with Gasteiger partial charge in [-0.05, 0) is 87.3 Å². The van der Waals surface area contributed by atoms with Gasteiger partial charge in [-0.15, -0.1) is 0 Å². The maximum atomic E-state index is 5.13. The van der Waals surface area contributed by atoms with Crippen LogP contribution >= 0.6 is 0 Å². The Morgan fingerprint density at radius 2 is 0.942 bits per heavy atom. The number of pyridine rings is 2. The smallest absolute Gasteiger partial charge is 0.146 e. The number of rotatable bonds is 4. The molecule has 0 saturated heterocycles. The largest absolute Gasteiger partial charge is 0.294 e. The first-order chi connectivity index (χ1) is 25.8. The van der Waals surface area contributed by atoms with Crippen molar-refractivity contribution in [2.75, 3.05) is 0 Å². The van der Waals surface area contributed by atoms with Crippen LogP contribution in [0.2, 0.25) is 0 Å². The fraction of sp³-hybridized carbons (Fsp3) is 0. The molecule has 242 valence electrons. The second kappa shape index (κ2) is 11.2. The van der Waals surface area contributed by atoms with Crippen LogP contribution in [0.25, 0.3) is 99.4 Å². The lowest BCUT2D eigenvalue weighted by Gasteiger charge is -2.12. The highest BCUT2D eigenvalue weighted by Crippen LogP contribution is 2.39. The lowest BCUT2D eigenvalue weighted by molar-refractivity contribution is 1.08. The number of aromatic nitrogens is 4. The third kappa shape index (κ3) is 4.34. The third-order valence-electron chi connectivity index (χ3n) is 10.5. The van der Waals surface area contributed by atoms with Crippen LogP contribution < -0.4 is 0 Å². The minimum Gasteiger partial charge on any atom is -0.294 e. The van der Waals surface area contributed by atoms with Gasteiger partial charge in [0.05, 0.1) is 27.6 Å². The van der Waals surface area contributed by atoms with Gasteiger partial charge in [-0.3, -0.25) is 8.97 Å². The van der Waals surface area contributed by atoms with Crippen molar-refractivity contribution in [3.63, 3.8) is 0 Å². The number of fused-ring (bicyclic) bond motifs is 11. The van der Waals surface area contributed by atoms with Gasteiger partial charge in [0, 0.05) is 27.7 Å². The quantitative estimate of drug-likeness (QED) is 0.176. The van der Waals surface area contributed by atoms with E-state index in [4.69, 9.17) is 9.97 Å². The van der Waals surface area contributed by atoms with Gasteiger partial charge in [0.2, 0.25) is 0 Å². The van der Waals surface area contributed by atoms with E-state index in [1.54, 1.807) is 0 Å². The number of para-hydroxylation sites is 3. The molecule has 4 heteroatoms. The average Bonchev–Trinajstić information content (AvgIpc) is 3.77. The molecule has 0 N–H and O–H groups in total. The molecule has 0 bridgehead atoms. The van der Waals surface area contributed by atoms with Crippen LogP contribution in [0.4, 0.5) is 0 Å². The normalized spacial score (nSPS) is 11.8. The summed E-state index contributed by atoms with van der Waals surface area (Å²) < 4.78 is 4.65. The maximum Gasteiger partial charge on any atom is 0.146 e. The van der Waals surface area contributed by atoms with E-state index < -0.39 is 0 Å². The first-order valence-electron chi connectivity index (χ1n) is 17.7. The zero-order valence-electron chi connectivity index (χ0n) is 28.1. The maximum absolute atomic E-state index is 5.13. The SMILES string of the molecule is c1ccc(-c2ccc(-c3cccc(-c4ccnc(-n5c6ccccc6c6cc7c8ccccc8c8nc9ccccc9n8c7cc65)c4)c3)cc2)cc1. The second-order valence-corrected chi connectivity index (χ2v) is 13.5. The second-order valence-electron chi connectivity index (χ2n) is 13.5. The Bertz CT molecular complexity index is 3170. The van der Waals surface area contributed by atoms with E-state index in [1.807, 2.05) is 6.20 Å². The number of hydrogen-bond donors (Lipinski definition) is 0. The van der Waals surface area contributed by atoms with Crippen LogP contribution in [0.3, 0.4) is 0 Å². The Labute approximate surface area is 299 Å².